The van der Waals surface area contributed by atoms with E-state index in [0.717, 1.165) is 146 Å². The van der Waals surface area contributed by atoms with Crippen molar-refractivity contribution < 1.29 is 83.4 Å². The van der Waals surface area contributed by atoms with Crippen LogP contribution in [-0.4, -0.2) is 64.7 Å². The van der Waals surface area contributed by atoms with Gasteiger partial charge in [0.1, 0.15) is 51.8 Å². The van der Waals surface area contributed by atoms with Crippen LogP contribution in [0.25, 0.3) is 106 Å². The van der Waals surface area contributed by atoms with Gasteiger partial charge in [-0.25, -0.2) is 23.6 Å². The molecule has 0 saturated carbocycles. The van der Waals surface area contributed by atoms with Gasteiger partial charge in [-0.05, 0) is 239 Å². The first-order chi connectivity index (χ1) is 56.0. The molecule has 12 aromatic carbocycles. The lowest BCUT2D eigenvalue weighted by Gasteiger charge is -2.10. The fraction of sp³-hybridized carbons (Fsp3) is 0.0213. The van der Waals surface area contributed by atoms with Crippen molar-refractivity contribution in [1.29, 1.82) is 0 Å². The molecule has 4 aromatic heterocycles. The number of thiophene rings is 4. The van der Waals surface area contributed by atoms with Crippen molar-refractivity contribution in [2.75, 3.05) is 0 Å². The van der Waals surface area contributed by atoms with E-state index in [9.17, 15) is 44.0 Å². The van der Waals surface area contributed by atoms with Gasteiger partial charge in [0.05, 0.1) is 19.5 Å². The summed E-state index contributed by atoms with van der Waals surface area (Å²) in [6, 6.07) is 79.3. The lowest BCUT2D eigenvalue weighted by molar-refractivity contribution is -0.132. The minimum Gasteiger partial charge on any atom is -0.508 e. The van der Waals surface area contributed by atoms with Gasteiger partial charge in [-0.15, -0.1) is 45.3 Å². The van der Waals surface area contributed by atoms with Gasteiger partial charge in [0.15, 0.2) is 23.0 Å². The molecule has 576 valence electrons. The van der Waals surface area contributed by atoms with Crippen LogP contribution in [0.5, 0.6) is 69.0 Å². The van der Waals surface area contributed by atoms with Gasteiger partial charge >= 0.3 is 23.9 Å². The quantitative estimate of drug-likeness (QED) is 0.0330. The van der Waals surface area contributed by atoms with Crippen LogP contribution in [0.15, 0.2) is 291 Å². The highest BCUT2D eigenvalue weighted by atomic mass is 35.5. The van der Waals surface area contributed by atoms with E-state index in [-0.39, 0.29) is 28.8 Å². The molecular formula is C94H66ClFO16S4. The number of hydrogen-bond acceptors (Lipinski definition) is 16. The number of halogens is 2. The third-order valence-electron chi connectivity index (χ3n) is 17.6. The van der Waals surface area contributed by atoms with E-state index in [1.807, 2.05) is 115 Å². The summed E-state index contributed by atoms with van der Waals surface area (Å²) in [5.74, 6) is 1.70. The molecule has 0 aliphatic rings. The number of phenols is 4. The van der Waals surface area contributed by atoms with Crippen LogP contribution in [0.4, 0.5) is 4.39 Å². The van der Waals surface area contributed by atoms with Gasteiger partial charge < -0.3 is 59.8 Å². The Kier molecular flexibility index (Phi) is 25.3. The molecule has 0 saturated heterocycles. The first kappa shape index (κ1) is 80.0. The summed E-state index contributed by atoms with van der Waals surface area (Å²) >= 11 is 12.1. The second-order valence-electron chi connectivity index (χ2n) is 25.8. The van der Waals surface area contributed by atoms with Gasteiger partial charge in [-0.2, -0.15) is 0 Å². The molecule has 0 atom stereocenters. The Balaban J connectivity index is 0.000000135. The molecule has 116 heavy (non-hydrogen) atoms. The van der Waals surface area contributed by atoms with Gasteiger partial charge in [0, 0.05) is 69.7 Å². The SMILES string of the molecule is Cc1ccccc1-c1sc2cc(O)ccc2c1Oc1ccc(/C=C/C(=O)O)cc1.Cc1ccccc1-c1sc2cc(O)ccc2c1Oc1ccc(/C=C/C(=O)O)cc1.O=C(O)/C=C/c1ccc(Oc2c(-c3ccc(Cl)cc3)sc3cc(O)ccc23)cc1.O=C(O)/C=C/c1ccc(Oc2c(-c3cccc(F)c3)sc3cc(O)ccc23)cc1. The third-order valence-corrected chi connectivity index (χ3v) is 22.5. The minimum absolute atomic E-state index is 0.144. The van der Waals surface area contributed by atoms with E-state index in [2.05, 4.69) is 38.1 Å². The van der Waals surface area contributed by atoms with Gasteiger partial charge in [0.2, 0.25) is 0 Å². The summed E-state index contributed by atoms with van der Waals surface area (Å²) in [5.41, 5.74) is 9.15. The number of rotatable bonds is 20. The normalized spacial score (nSPS) is 11.2. The molecule has 4 heterocycles. The summed E-state index contributed by atoms with van der Waals surface area (Å²) in [6.07, 6.45) is 10.4. The molecule has 0 amide bonds. The molecule has 0 spiro atoms. The van der Waals surface area contributed by atoms with E-state index in [4.69, 9.17) is 51.0 Å². The van der Waals surface area contributed by atoms with E-state index in [1.54, 1.807) is 138 Å². The summed E-state index contributed by atoms with van der Waals surface area (Å²) < 4.78 is 42.3. The van der Waals surface area contributed by atoms with Crippen LogP contribution in [0, 0.1) is 19.7 Å². The maximum absolute atomic E-state index is 13.8. The molecule has 16 aromatic rings. The molecular weight excluding hydrogens is 1570 g/mol. The molecule has 0 unspecified atom stereocenters. The zero-order valence-corrected chi connectivity index (χ0v) is 65.3. The van der Waals surface area contributed by atoms with Crippen molar-refractivity contribution in [2.45, 2.75) is 13.8 Å². The highest BCUT2D eigenvalue weighted by molar-refractivity contribution is 7.24. The third kappa shape index (κ3) is 20.2. The van der Waals surface area contributed by atoms with Gasteiger partial charge in [0.25, 0.3) is 0 Å². The van der Waals surface area contributed by atoms with Crippen molar-refractivity contribution in [2.24, 2.45) is 0 Å². The first-order valence-corrected chi connectivity index (χ1v) is 39.1. The molecule has 22 heteroatoms. The number of aryl methyl sites for hydroxylation is 2. The summed E-state index contributed by atoms with van der Waals surface area (Å²) in [5, 5.41) is 78.6. The van der Waals surface area contributed by atoms with Crippen LogP contribution < -0.4 is 18.9 Å². The van der Waals surface area contributed by atoms with E-state index < -0.39 is 23.9 Å². The van der Waals surface area contributed by atoms with Crippen molar-refractivity contribution >= 4 is 145 Å². The van der Waals surface area contributed by atoms with Crippen molar-refractivity contribution in [3.8, 4) is 111 Å². The number of ether oxygens (including phenoxy) is 4. The maximum Gasteiger partial charge on any atom is 0.328 e. The van der Waals surface area contributed by atoms with E-state index in [0.29, 0.717) is 45.1 Å². The van der Waals surface area contributed by atoms with Crippen LogP contribution >= 0.6 is 56.9 Å². The molecule has 0 bridgehead atoms. The monoisotopic (exact) mass is 1630 g/mol. The molecule has 0 fully saturated rings. The average Bonchev–Trinajstić information content (AvgIpc) is 1.66. The molecule has 0 aliphatic heterocycles. The molecule has 0 aliphatic carbocycles. The smallest absolute Gasteiger partial charge is 0.328 e. The van der Waals surface area contributed by atoms with Crippen LogP contribution in [-0.2, 0) is 19.2 Å². The number of carboxylic acid groups (broad SMARTS) is 4. The zero-order chi connectivity index (χ0) is 81.5. The standard InChI is InChI=1S/2C24H18O4S.C23H15ClO4S.C23H15FO4S/c2*1-15-4-2-3-5-19(15)24-23(20-12-9-17(25)14-21(20)29-24)28-18-10-6-16(7-11-18)8-13-22(26)27;24-16-6-4-15(5-7-16)23-22(19-11-8-17(25)13-20(19)29-23)28-18-9-1-14(2-10-18)3-12-21(26)27;24-16-3-1-2-15(12-16)23-22(19-10-7-17(25)13-20(19)29-23)28-18-8-4-14(5-9-18)6-11-21(26)27/h2*2-14,25H,1H3,(H,26,27);2*1-13,25H,(H,26,27)/b2*13-8+;12-3+;11-6+. The van der Waals surface area contributed by atoms with E-state index in [1.165, 1.54) is 59.1 Å². The largest absolute Gasteiger partial charge is 0.508 e. The Morgan fingerprint density at radius 3 is 0.897 bits per heavy atom. The average molecular weight is 1630 g/mol. The van der Waals surface area contributed by atoms with Crippen LogP contribution in [0.3, 0.4) is 0 Å². The Hall–Kier alpha value is -14.1. The fourth-order valence-electron chi connectivity index (χ4n) is 12.0. The first-order valence-electron chi connectivity index (χ1n) is 35.4. The predicted molar refractivity (Wildman–Crippen MR) is 463 cm³/mol. The van der Waals surface area contributed by atoms with Crippen LogP contribution in [0.1, 0.15) is 33.4 Å². The number of hydrogen-bond donors (Lipinski definition) is 8. The Bertz CT molecular complexity index is 6240. The highest BCUT2D eigenvalue weighted by Gasteiger charge is 2.23. The lowest BCUT2D eigenvalue weighted by atomic mass is 10.1. The zero-order valence-electron chi connectivity index (χ0n) is 61.3. The van der Waals surface area contributed by atoms with Crippen molar-refractivity contribution in [1.82, 2.24) is 0 Å². The summed E-state index contributed by atoms with van der Waals surface area (Å²) in [7, 11) is 0. The van der Waals surface area contributed by atoms with Crippen molar-refractivity contribution in [3.05, 3.63) is 335 Å². The molecule has 0 radical (unpaired) electrons. The number of phenolic OH excluding ortho intramolecular Hbond substituents is 4. The van der Waals surface area contributed by atoms with E-state index >= 15 is 0 Å². The molecule has 8 N–H and O–H groups in total. The number of aromatic hydroxyl groups is 4. The van der Waals surface area contributed by atoms with Crippen LogP contribution in [0.2, 0.25) is 5.02 Å². The predicted octanol–water partition coefficient (Wildman–Crippen LogP) is 26.1. The second-order valence-corrected chi connectivity index (χ2v) is 30.4. The number of aliphatic carboxylic acids is 4. The van der Waals surface area contributed by atoms with Gasteiger partial charge in [-0.3, -0.25) is 0 Å². The summed E-state index contributed by atoms with van der Waals surface area (Å²) in [6.45, 7) is 4.12. The molecule has 16 rings (SSSR count). The lowest BCUT2D eigenvalue weighted by Crippen LogP contribution is -1.88. The Morgan fingerprint density at radius 2 is 0.603 bits per heavy atom. The highest BCUT2D eigenvalue weighted by Crippen LogP contribution is 2.52. The van der Waals surface area contributed by atoms with Crippen molar-refractivity contribution in [3.63, 3.8) is 0 Å². The summed E-state index contributed by atoms with van der Waals surface area (Å²) in [4.78, 5) is 46.3. The second kappa shape index (κ2) is 36.6. The number of fused-ring (bicyclic) bond motifs is 4. The Labute approximate surface area is 684 Å². The number of benzene rings is 12. The van der Waals surface area contributed by atoms with Gasteiger partial charge in [-0.1, -0.05) is 133 Å². The number of carboxylic acids is 4. The maximum atomic E-state index is 13.8. The molecule has 16 nitrogen and oxygen atoms in total. The fourth-order valence-corrected chi connectivity index (χ4v) is 17.0. The topological polar surface area (TPSA) is 267 Å². The number of carbonyl (C=O) groups is 4. The minimum atomic E-state index is -1.02. The Morgan fingerprint density at radius 1 is 0.319 bits per heavy atom.